The molecule has 1 unspecified atom stereocenters. The molecule has 2 aromatic carbocycles. The van der Waals surface area contributed by atoms with Crippen LogP contribution in [0.25, 0.3) is 0 Å². The Morgan fingerprint density at radius 3 is 2.39 bits per heavy atom. The fraction of sp³-hybridized carbons (Fsp3) is 0.250. The number of nitrogens with zero attached hydrogens (tertiary/aromatic N) is 2. The number of halogens is 4. The van der Waals surface area contributed by atoms with Gasteiger partial charge < -0.3 is 25.4 Å². The molecular weight excluding hydrogens is 499 g/mol. The van der Waals surface area contributed by atoms with E-state index in [1.54, 1.807) is 30.3 Å². The Kier molecular flexibility index (Phi) is 9.10. The molecule has 0 fully saturated rings. The number of hydrogen-bond donors (Lipinski definition) is 4. The predicted molar refractivity (Wildman–Crippen MR) is 131 cm³/mol. The van der Waals surface area contributed by atoms with Crippen molar-refractivity contribution in [2.45, 2.75) is 12.4 Å². The molecule has 0 radical (unpaired) electrons. The van der Waals surface area contributed by atoms with Gasteiger partial charge in [0.05, 0.1) is 16.8 Å². The van der Waals surface area contributed by atoms with Crippen LogP contribution in [-0.2, 0) is 6.18 Å². The van der Waals surface area contributed by atoms with Crippen LogP contribution in [-0.4, -0.2) is 48.2 Å². The number of urea groups is 1. The summed E-state index contributed by atoms with van der Waals surface area (Å²) in [5.74, 6) is 0.852. The van der Waals surface area contributed by atoms with Crippen LogP contribution in [0.5, 0.6) is 11.5 Å². The largest absolute Gasteiger partial charge is 0.456 e. The van der Waals surface area contributed by atoms with Gasteiger partial charge in [-0.05, 0) is 62.6 Å². The van der Waals surface area contributed by atoms with Crippen LogP contribution >= 0.6 is 11.6 Å². The zero-order chi connectivity index (χ0) is 26.3. The molecule has 192 valence electrons. The van der Waals surface area contributed by atoms with Crippen molar-refractivity contribution in [3.8, 4) is 11.5 Å². The minimum absolute atomic E-state index is 0.0602. The van der Waals surface area contributed by atoms with Gasteiger partial charge in [-0.2, -0.15) is 13.2 Å². The number of carbonyl (C=O) groups excluding carboxylic acids is 1. The van der Waals surface area contributed by atoms with Crippen molar-refractivity contribution in [3.05, 3.63) is 77.1 Å². The van der Waals surface area contributed by atoms with E-state index in [9.17, 15) is 23.1 Å². The molecule has 12 heteroatoms. The van der Waals surface area contributed by atoms with Crippen molar-refractivity contribution >= 4 is 29.0 Å². The van der Waals surface area contributed by atoms with Gasteiger partial charge in [0.15, 0.2) is 0 Å². The van der Waals surface area contributed by atoms with Crippen LogP contribution in [0.4, 0.5) is 29.3 Å². The van der Waals surface area contributed by atoms with E-state index in [-0.39, 0.29) is 5.69 Å². The second kappa shape index (κ2) is 12.0. The molecule has 2 amide bonds. The van der Waals surface area contributed by atoms with E-state index in [1.165, 1.54) is 18.5 Å². The number of aliphatic hydroxyl groups is 1. The smallest absolute Gasteiger partial charge is 0.417 e. The van der Waals surface area contributed by atoms with Gasteiger partial charge >= 0.3 is 12.2 Å². The highest BCUT2D eigenvalue weighted by molar-refractivity contribution is 6.31. The molecule has 4 N–H and O–H groups in total. The molecule has 3 rings (SSSR count). The Balaban J connectivity index is 1.57. The Morgan fingerprint density at radius 2 is 1.72 bits per heavy atom. The first-order valence-electron chi connectivity index (χ1n) is 10.7. The molecule has 0 aliphatic heterocycles. The molecule has 1 heterocycles. The third-order valence-corrected chi connectivity index (χ3v) is 5.15. The lowest BCUT2D eigenvalue weighted by Gasteiger charge is -2.16. The maximum Gasteiger partial charge on any atom is 0.417 e. The van der Waals surface area contributed by atoms with Gasteiger partial charge in [-0.3, -0.25) is 10.3 Å². The fourth-order valence-corrected chi connectivity index (χ4v) is 3.26. The number of pyridine rings is 1. The predicted octanol–water partition coefficient (Wildman–Crippen LogP) is 5.33. The van der Waals surface area contributed by atoms with Crippen molar-refractivity contribution in [1.82, 2.24) is 15.2 Å². The average Bonchev–Trinajstić information content (AvgIpc) is 2.81. The zero-order valence-corrected chi connectivity index (χ0v) is 20.2. The van der Waals surface area contributed by atoms with E-state index < -0.39 is 29.0 Å². The van der Waals surface area contributed by atoms with Gasteiger partial charge in [0.25, 0.3) is 0 Å². The molecule has 1 atom stereocenters. The summed E-state index contributed by atoms with van der Waals surface area (Å²) in [6, 6.07) is 10.3. The molecule has 8 nitrogen and oxygen atoms in total. The van der Waals surface area contributed by atoms with Crippen molar-refractivity contribution in [2.24, 2.45) is 0 Å². The number of likely N-dealkylation sites (N-methyl/N-ethyl adjacent to an activating group) is 1. The van der Waals surface area contributed by atoms with E-state index in [1.807, 2.05) is 19.0 Å². The molecular formula is C24H25ClF3N5O3. The highest BCUT2D eigenvalue weighted by atomic mass is 35.5. The summed E-state index contributed by atoms with van der Waals surface area (Å²) in [7, 11) is 3.87. The van der Waals surface area contributed by atoms with E-state index in [4.69, 9.17) is 16.3 Å². The van der Waals surface area contributed by atoms with Crippen LogP contribution in [0.2, 0.25) is 5.02 Å². The Bertz CT molecular complexity index is 1180. The van der Waals surface area contributed by atoms with Crippen LogP contribution in [0.15, 0.2) is 60.9 Å². The van der Waals surface area contributed by atoms with Crippen molar-refractivity contribution < 1.29 is 27.8 Å². The van der Waals surface area contributed by atoms with E-state index >= 15 is 0 Å². The highest BCUT2D eigenvalue weighted by Gasteiger charge is 2.33. The van der Waals surface area contributed by atoms with Crippen LogP contribution < -0.4 is 20.7 Å². The summed E-state index contributed by atoms with van der Waals surface area (Å²) in [5.41, 5.74) is -0.178. The Hall–Kier alpha value is -3.38. The average molecular weight is 524 g/mol. The van der Waals surface area contributed by atoms with Gasteiger partial charge in [-0.25, -0.2) is 4.79 Å². The number of anilines is 2. The zero-order valence-electron chi connectivity index (χ0n) is 19.4. The Morgan fingerprint density at radius 1 is 1.06 bits per heavy atom. The first kappa shape index (κ1) is 27.2. The van der Waals surface area contributed by atoms with E-state index in [2.05, 4.69) is 20.9 Å². The van der Waals surface area contributed by atoms with Gasteiger partial charge in [0, 0.05) is 36.2 Å². The number of hydrogen-bond acceptors (Lipinski definition) is 6. The molecule has 0 aliphatic carbocycles. The minimum atomic E-state index is -4.64. The first-order valence-corrected chi connectivity index (χ1v) is 11.1. The topological polar surface area (TPSA) is 98.8 Å². The number of nitrogens with one attached hydrogen (secondary N) is 3. The summed E-state index contributed by atoms with van der Waals surface area (Å²) in [4.78, 5) is 18.3. The molecule has 36 heavy (non-hydrogen) atoms. The van der Waals surface area contributed by atoms with Crippen LogP contribution in [0.1, 0.15) is 17.4 Å². The molecule has 3 aromatic rings. The van der Waals surface area contributed by atoms with Crippen molar-refractivity contribution in [1.29, 1.82) is 0 Å². The summed E-state index contributed by atoms with van der Waals surface area (Å²) < 4.78 is 44.8. The first-order chi connectivity index (χ1) is 17.0. The number of carbonyl (C=O) groups is 1. The normalized spacial score (nSPS) is 12.3. The van der Waals surface area contributed by atoms with Gasteiger partial charge in [0.1, 0.15) is 17.7 Å². The lowest BCUT2D eigenvalue weighted by molar-refractivity contribution is -0.137. The van der Waals surface area contributed by atoms with Crippen molar-refractivity contribution in [2.75, 3.05) is 37.8 Å². The number of amides is 2. The summed E-state index contributed by atoms with van der Waals surface area (Å²) in [5, 5.41) is 17.7. The lowest BCUT2D eigenvalue weighted by Crippen LogP contribution is -2.29. The molecule has 0 spiro atoms. The lowest BCUT2D eigenvalue weighted by atomic mass is 10.2. The minimum Gasteiger partial charge on any atom is -0.456 e. The number of benzene rings is 2. The summed E-state index contributed by atoms with van der Waals surface area (Å²) in [6.45, 7) is 1.34. The third kappa shape index (κ3) is 8.09. The van der Waals surface area contributed by atoms with E-state index in [0.717, 1.165) is 18.7 Å². The monoisotopic (exact) mass is 523 g/mol. The Labute approximate surface area is 211 Å². The van der Waals surface area contributed by atoms with Gasteiger partial charge in [0.2, 0.25) is 0 Å². The SMILES string of the molecule is CN(C)CCNC(O)c1cncc(Oc2ccc(NC(=O)Nc3ccc(Cl)c(C(F)(F)F)c3)cc2)c1. The quantitative estimate of drug-likeness (QED) is 0.283. The molecule has 0 saturated carbocycles. The number of rotatable bonds is 9. The van der Waals surface area contributed by atoms with Crippen LogP contribution in [0.3, 0.4) is 0 Å². The maximum absolute atomic E-state index is 13.0. The second-order valence-corrected chi connectivity index (χ2v) is 8.42. The molecule has 0 aliphatic rings. The summed E-state index contributed by atoms with van der Waals surface area (Å²) in [6.07, 6.45) is -2.52. The summed E-state index contributed by atoms with van der Waals surface area (Å²) >= 11 is 5.59. The maximum atomic E-state index is 13.0. The number of ether oxygens (including phenoxy) is 1. The number of aromatic nitrogens is 1. The van der Waals surface area contributed by atoms with Gasteiger partial charge in [-0.1, -0.05) is 11.6 Å². The molecule has 0 saturated heterocycles. The third-order valence-electron chi connectivity index (χ3n) is 4.82. The molecule has 0 bridgehead atoms. The van der Waals surface area contributed by atoms with Crippen molar-refractivity contribution in [3.63, 3.8) is 0 Å². The van der Waals surface area contributed by atoms with Crippen LogP contribution in [0, 0.1) is 0 Å². The van der Waals surface area contributed by atoms with Gasteiger partial charge in [-0.15, -0.1) is 0 Å². The molecule has 1 aromatic heterocycles. The van der Waals surface area contributed by atoms with E-state index in [0.29, 0.717) is 29.3 Å². The fourth-order valence-electron chi connectivity index (χ4n) is 3.04. The number of aliphatic hydroxyl groups excluding tert-OH is 1. The number of alkyl halides is 3. The highest BCUT2D eigenvalue weighted by Crippen LogP contribution is 2.36. The standard InChI is InChI=1S/C24H25ClF3N5O3/c1-33(2)10-9-30-22(34)15-11-19(14-29-13-15)36-18-6-3-16(4-7-18)31-23(35)32-17-5-8-21(25)20(12-17)24(26,27)28/h3-8,11-14,22,30,34H,9-10H2,1-2H3,(H2,31,32,35). The second-order valence-electron chi connectivity index (χ2n) is 8.01.